The Kier molecular flexibility index (Phi) is 4.73. The number of aliphatic imine (C=N–C) groups is 1. The van der Waals surface area contributed by atoms with Crippen LogP contribution in [0.15, 0.2) is 53.9 Å². The van der Waals surface area contributed by atoms with E-state index in [2.05, 4.69) is 15.3 Å². The molecule has 1 aliphatic heterocycles. The van der Waals surface area contributed by atoms with Gasteiger partial charge in [-0.05, 0) is 24.3 Å². The fraction of sp³-hybridized carbons (Fsp3) is 0.158. The molecule has 148 valence electrons. The molecule has 10 nitrogen and oxygen atoms in total. The Morgan fingerprint density at radius 2 is 2.03 bits per heavy atom. The Balaban J connectivity index is 1.76. The van der Waals surface area contributed by atoms with Crippen molar-refractivity contribution < 1.29 is 14.3 Å². The zero-order valence-corrected chi connectivity index (χ0v) is 15.8. The van der Waals surface area contributed by atoms with Crippen LogP contribution in [0.25, 0.3) is 16.9 Å². The molecule has 0 radical (unpaired) electrons. The minimum atomic E-state index is -0.726. The van der Waals surface area contributed by atoms with Gasteiger partial charge in [0.1, 0.15) is 5.65 Å². The molecule has 0 spiro atoms. The van der Waals surface area contributed by atoms with Crippen molar-refractivity contribution in [2.75, 3.05) is 19.5 Å². The number of allylic oxidation sites excluding steroid dienone is 1. The average Bonchev–Trinajstić information content (AvgIpc) is 3.22. The molecule has 0 fully saturated rings. The van der Waals surface area contributed by atoms with Gasteiger partial charge in [-0.2, -0.15) is 0 Å². The highest BCUT2D eigenvalue weighted by molar-refractivity contribution is 5.79. The predicted molar refractivity (Wildman–Crippen MR) is 108 cm³/mol. The van der Waals surface area contributed by atoms with Gasteiger partial charge in [-0.25, -0.2) is 19.8 Å². The van der Waals surface area contributed by atoms with Crippen LogP contribution >= 0.6 is 0 Å². The molecule has 1 aliphatic rings. The summed E-state index contributed by atoms with van der Waals surface area (Å²) in [7, 11) is 3.16. The third-order valence-electron chi connectivity index (χ3n) is 4.41. The van der Waals surface area contributed by atoms with Crippen molar-refractivity contribution >= 4 is 23.8 Å². The topological polar surface area (TPSA) is 119 Å². The minimum Gasteiger partial charge on any atom is -0.493 e. The lowest BCUT2D eigenvalue weighted by atomic mass is 10.1. The second-order valence-corrected chi connectivity index (χ2v) is 6.09. The standard InChI is InChI=1S/C19H19N7O3/c1-28-14-5-4-12(10-15(14)29-2)13-11-16-21-7-9-25(16)19(23-13)24-18-22-6-3-8-26(18)17(20)27/h3-11,18H,1-2H3,(H2,20,27)(H,23,24). The maximum atomic E-state index is 11.7. The first-order chi connectivity index (χ1) is 14.1. The van der Waals surface area contributed by atoms with E-state index in [4.69, 9.17) is 20.2 Å². The molecule has 29 heavy (non-hydrogen) atoms. The number of nitrogens with two attached hydrogens (primary N) is 1. The molecular formula is C19H19N7O3. The van der Waals surface area contributed by atoms with E-state index in [0.29, 0.717) is 28.8 Å². The molecule has 2 amide bonds. The quantitative estimate of drug-likeness (QED) is 0.685. The van der Waals surface area contributed by atoms with Gasteiger partial charge in [-0.15, -0.1) is 0 Å². The number of fused-ring (bicyclic) bond motifs is 1. The van der Waals surface area contributed by atoms with Gasteiger partial charge in [-0.1, -0.05) is 0 Å². The molecule has 0 saturated heterocycles. The smallest absolute Gasteiger partial charge is 0.322 e. The van der Waals surface area contributed by atoms with Crippen LogP contribution in [0.3, 0.4) is 0 Å². The summed E-state index contributed by atoms with van der Waals surface area (Å²) in [6, 6.07) is 6.74. The van der Waals surface area contributed by atoms with Crippen LogP contribution in [0.1, 0.15) is 0 Å². The number of methoxy groups -OCH3 is 2. The van der Waals surface area contributed by atoms with Crippen LogP contribution in [0.2, 0.25) is 0 Å². The molecular weight excluding hydrogens is 374 g/mol. The summed E-state index contributed by atoms with van der Waals surface area (Å²) in [5, 5.41) is 3.13. The van der Waals surface area contributed by atoms with Gasteiger partial charge < -0.3 is 20.5 Å². The molecule has 10 heteroatoms. The maximum absolute atomic E-state index is 11.7. The highest BCUT2D eigenvalue weighted by atomic mass is 16.5. The Hall–Kier alpha value is -4.08. The highest BCUT2D eigenvalue weighted by Crippen LogP contribution is 2.32. The summed E-state index contributed by atoms with van der Waals surface area (Å²) in [5.41, 5.74) is 7.59. The van der Waals surface area contributed by atoms with E-state index in [-0.39, 0.29) is 0 Å². The molecule has 2 aromatic heterocycles. The summed E-state index contributed by atoms with van der Waals surface area (Å²) in [6.07, 6.45) is 7.47. The Morgan fingerprint density at radius 3 is 2.79 bits per heavy atom. The van der Waals surface area contributed by atoms with Crippen molar-refractivity contribution in [3.63, 3.8) is 0 Å². The van der Waals surface area contributed by atoms with E-state index in [9.17, 15) is 4.79 Å². The number of hydrogen-bond donors (Lipinski definition) is 2. The van der Waals surface area contributed by atoms with Crippen molar-refractivity contribution in [3.8, 4) is 22.8 Å². The number of ether oxygens (including phenoxy) is 2. The monoisotopic (exact) mass is 393 g/mol. The number of imidazole rings is 1. The fourth-order valence-corrected chi connectivity index (χ4v) is 3.00. The molecule has 3 aromatic rings. The number of rotatable bonds is 5. The van der Waals surface area contributed by atoms with Crippen molar-refractivity contribution in [2.45, 2.75) is 6.29 Å². The van der Waals surface area contributed by atoms with Crippen molar-refractivity contribution in [2.24, 2.45) is 10.7 Å². The number of carbonyl (C=O) groups excluding carboxylic acids is 1. The Bertz CT molecular complexity index is 1120. The third kappa shape index (κ3) is 3.43. The number of carbonyl (C=O) groups is 1. The van der Waals surface area contributed by atoms with Crippen LogP contribution < -0.4 is 20.5 Å². The molecule has 1 aromatic carbocycles. The van der Waals surface area contributed by atoms with Crippen LogP contribution in [0.5, 0.6) is 11.5 Å². The van der Waals surface area contributed by atoms with Gasteiger partial charge in [0.05, 0.1) is 19.9 Å². The number of nitrogens with one attached hydrogen (secondary N) is 1. The first-order valence-corrected chi connectivity index (χ1v) is 8.71. The SMILES string of the molecule is COc1ccc(-c2cc3nccn3c(NC3N=CC=CN3C(N)=O)n2)cc1OC. The summed E-state index contributed by atoms with van der Waals surface area (Å²) in [6.45, 7) is 0. The number of anilines is 1. The van der Waals surface area contributed by atoms with Gasteiger partial charge in [0.2, 0.25) is 12.2 Å². The van der Waals surface area contributed by atoms with Gasteiger partial charge in [-0.3, -0.25) is 9.30 Å². The van der Waals surface area contributed by atoms with Gasteiger partial charge in [0, 0.05) is 36.4 Å². The van der Waals surface area contributed by atoms with Crippen molar-refractivity contribution in [3.05, 3.63) is 48.9 Å². The van der Waals surface area contributed by atoms with Crippen LogP contribution in [-0.4, -0.2) is 52.0 Å². The molecule has 0 bridgehead atoms. The van der Waals surface area contributed by atoms with Crippen LogP contribution in [0.4, 0.5) is 10.7 Å². The fourth-order valence-electron chi connectivity index (χ4n) is 3.00. The van der Waals surface area contributed by atoms with Gasteiger partial charge >= 0.3 is 6.03 Å². The van der Waals surface area contributed by atoms with Gasteiger partial charge in [0.25, 0.3) is 0 Å². The number of benzene rings is 1. The number of urea groups is 1. The Morgan fingerprint density at radius 1 is 1.21 bits per heavy atom. The molecule has 3 heterocycles. The lowest BCUT2D eigenvalue weighted by molar-refractivity contribution is 0.214. The number of aromatic nitrogens is 3. The largest absolute Gasteiger partial charge is 0.493 e. The van der Waals surface area contributed by atoms with Gasteiger partial charge in [0.15, 0.2) is 11.5 Å². The average molecular weight is 393 g/mol. The predicted octanol–water partition coefficient (Wildman–Crippen LogP) is 2.09. The zero-order valence-electron chi connectivity index (χ0n) is 15.8. The third-order valence-corrected chi connectivity index (χ3v) is 4.41. The highest BCUT2D eigenvalue weighted by Gasteiger charge is 2.22. The molecule has 1 unspecified atom stereocenters. The normalized spacial score (nSPS) is 15.5. The zero-order chi connectivity index (χ0) is 20.4. The lowest BCUT2D eigenvalue weighted by Gasteiger charge is -2.27. The second-order valence-electron chi connectivity index (χ2n) is 6.09. The van der Waals surface area contributed by atoms with Crippen molar-refractivity contribution in [1.29, 1.82) is 0 Å². The molecule has 0 aliphatic carbocycles. The first-order valence-electron chi connectivity index (χ1n) is 8.71. The molecule has 0 saturated carbocycles. The number of primary amides is 1. The lowest BCUT2D eigenvalue weighted by Crippen LogP contribution is -2.44. The Labute approximate surface area is 166 Å². The van der Waals surface area contributed by atoms with E-state index in [1.165, 1.54) is 4.90 Å². The number of amides is 2. The van der Waals surface area contributed by atoms with E-state index in [1.54, 1.807) is 49.5 Å². The molecule has 3 N–H and O–H groups in total. The minimum absolute atomic E-state index is 0.452. The first kappa shape index (κ1) is 18.3. The summed E-state index contributed by atoms with van der Waals surface area (Å²) in [5.74, 6) is 1.66. The van der Waals surface area contributed by atoms with E-state index in [1.807, 2.05) is 24.3 Å². The summed E-state index contributed by atoms with van der Waals surface area (Å²) in [4.78, 5) is 26.3. The summed E-state index contributed by atoms with van der Waals surface area (Å²) >= 11 is 0. The number of hydrogen-bond acceptors (Lipinski definition) is 7. The van der Waals surface area contributed by atoms with Crippen LogP contribution in [-0.2, 0) is 0 Å². The maximum Gasteiger partial charge on any atom is 0.322 e. The number of nitrogens with zero attached hydrogens (tertiary/aromatic N) is 5. The van der Waals surface area contributed by atoms with Crippen LogP contribution in [0, 0.1) is 0 Å². The second kappa shape index (κ2) is 7.50. The van der Waals surface area contributed by atoms with E-state index < -0.39 is 12.3 Å². The summed E-state index contributed by atoms with van der Waals surface area (Å²) < 4.78 is 12.4. The van der Waals surface area contributed by atoms with E-state index >= 15 is 0 Å². The van der Waals surface area contributed by atoms with E-state index in [0.717, 1.165) is 5.56 Å². The molecule has 1 atom stereocenters. The van der Waals surface area contributed by atoms with Crippen molar-refractivity contribution in [1.82, 2.24) is 19.3 Å². The molecule has 4 rings (SSSR count).